The summed E-state index contributed by atoms with van der Waals surface area (Å²) in [6.45, 7) is 6.16. The van der Waals surface area contributed by atoms with E-state index < -0.39 is 5.54 Å². The number of H-pyrrole nitrogens is 1. The Labute approximate surface area is 169 Å². The first-order valence-electron chi connectivity index (χ1n) is 9.46. The summed E-state index contributed by atoms with van der Waals surface area (Å²) in [5.41, 5.74) is 1.87. The van der Waals surface area contributed by atoms with Crippen molar-refractivity contribution >= 4 is 28.1 Å². The minimum Gasteiger partial charge on any atom is -0.509 e. The average molecular weight is 392 g/mol. The fraction of sp³-hybridized carbons (Fsp3) is 0.273. The van der Waals surface area contributed by atoms with Gasteiger partial charge in [0.1, 0.15) is 28.9 Å². The normalized spacial score (nSPS) is 16.0. The molecule has 2 heterocycles. The molecule has 29 heavy (non-hydrogen) atoms. The maximum Gasteiger partial charge on any atom is 0.145 e. The van der Waals surface area contributed by atoms with Crippen LogP contribution in [-0.2, 0) is 0 Å². The molecular formula is C22H24N4O3. The van der Waals surface area contributed by atoms with Gasteiger partial charge in [-0.3, -0.25) is 5.41 Å². The largest absolute Gasteiger partial charge is 0.509 e. The van der Waals surface area contributed by atoms with E-state index in [-0.39, 0.29) is 11.6 Å². The summed E-state index contributed by atoms with van der Waals surface area (Å²) in [6, 6.07) is 13.1. The number of ether oxygens (including phenoxy) is 2. The molecule has 1 aromatic heterocycles. The van der Waals surface area contributed by atoms with Crippen LogP contribution in [0.2, 0.25) is 0 Å². The van der Waals surface area contributed by atoms with Crippen molar-refractivity contribution in [2.75, 3.05) is 18.6 Å². The van der Waals surface area contributed by atoms with Crippen LogP contribution in [0.1, 0.15) is 26.6 Å². The van der Waals surface area contributed by atoms with Gasteiger partial charge in [-0.15, -0.1) is 0 Å². The van der Waals surface area contributed by atoms with Gasteiger partial charge >= 0.3 is 0 Å². The van der Waals surface area contributed by atoms with Crippen LogP contribution in [0.15, 0.2) is 48.2 Å². The molecule has 2 aromatic carbocycles. The number of aromatic amines is 1. The zero-order valence-corrected chi connectivity index (χ0v) is 16.9. The molecule has 0 radical (unpaired) electrons. The zero-order valence-electron chi connectivity index (χ0n) is 16.9. The van der Waals surface area contributed by atoms with Crippen LogP contribution in [0, 0.1) is 5.41 Å². The third-order valence-corrected chi connectivity index (χ3v) is 5.13. The Bertz CT molecular complexity index is 1100. The fourth-order valence-corrected chi connectivity index (χ4v) is 3.72. The van der Waals surface area contributed by atoms with Crippen LogP contribution in [0.4, 0.5) is 5.69 Å². The predicted molar refractivity (Wildman–Crippen MR) is 114 cm³/mol. The monoisotopic (exact) mass is 392 g/mol. The van der Waals surface area contributed by atoms with E-state index in [1.807, 2.05) is 57.2 Å². The van der Waals surface area contributed by atoms with Crippen LogP contribution >= 0.6 is 0 Å². The number of aliphatic hydroxyl groups excluding tert-OH is 1. The lowest BCUT2D eigenvalue weighted by atomic mass is 10.0. The molecule has 3 aromatic rings. The molecule has 0 saturated carbocycles. The van der Waals surface area contributed by atoms with Gasteiger partial charge in [0.15, 0.2) is 0 Å². The molecule has 3 N–H and O–H groups in total. The molecule has 0 spiro atoms. The van der Waals surface area contributed by atoms with Crippen molar-refractivity contribution in [3.05, 3.63) is 54.0 Å². The van der Waals surface area contributed by atoms with E-state index in [0.29, 0.717) is 35.2 Å². The SMILES string of the molecule is CCOc1cc(OC)cc(N2C(=N)C(c3nc4ccccc4[nH]3)=C(O)C2(C)C)c1. The number of aliphatic hydroxyl groups is 1. The first-order chi connectivity index (χ1) is 13.9. The number of para-hydroxylation sites is 2. The molecule has 0 bridgehead atoms. The van der Waals surface area contributed by atoms with Gasteiger partial charge in [0.2, 0.25) is 0 Å². The molecule has 150 valence electrons. The Balaban J connectivity index is 1.82. The van der Waals surface area contributed by atoms with Crippen molar-refractivity contribution in [2.45, 2.75) is 26.3 Å². The molecule has 7 heteroatoms. The van der Waals surface area contributed by atoms with E-state index in [4.69, 9.17) is 14.9 Å². The van der Waals surface area contributed by atoms with Gasteiger partial charge in [-0.2, -0.15) is 0 Å². The summed E-state index contributed by atoms with van der Waals surface area (Å²) in [4.78, 5) is 9.56. The topological polar surface area (TPSA) is 94.5 Å². The van der Waals surface area contributed by atoms with Crippen molar-refractivity contribution in [2.24, 2.45) is 0 Å². The molecule has 1 aliphatic rings. The second kappa shape index (κ2) is 6.84. The summed E-state index contributed by atoms with van der Waals surface area (Å²) in [5, 5.41) is 19.9. The molecule has 0 aliphatic carbocycles. The van der Waals surface area contributed by atoms with Crippen molar-refractivity contribution in [1.82, 2.24) is 9.97 Å². The highest BCUT2D eigenvalue weighted by molar-refractivity contribution is 6.31. The second-order valence-corrected chi connectivity index (χ2v) is 7.37. The number of fused-ring (bicyclic) bond motifs is 1. The number of nitrogens with zero attached hydrogens (tertiary/aromatic N) is 2. The lowest BCUT2D eigenvalue weighted by Crippen LogP contribution is -2.43. The number of amidine groups is 1. The Hall–Kier alpha value is -3.48. The molecule has 0 unspecified atom stereocenters. The molecule has 7 nitrogen and oxygen atoms in total. The molecule has 0 atom stereocenters. The smallest absolute Gasteiger partial charge is 0.145 e. The maximum absolute atomic E-state index is 11.1. The van der Waals surface area contributed by atoms with E-state index in [2.05, 4.69) is 9.97 Å². The van der Waals surface area contributed by atoms with Crippen molar-refractivity contribution < 1.29 is 14.6 Å². The van der Waals surface area contributed by atoms with Gasteiger partial charge in [0, 0.05) is 18.2 Å². The summed E-state index contributed by atoms with van der Waals surface area (Å²) in [5.74, 6) is 1.97. The van der Waals surface area contributed by atoms with Gasteiger partial charge in [-0.05, 0) is 32.9 Å². The van der Waals surface area contributed by atoms with Gasteiger partial charge in [0.05, 0.1) is 41.5 Å². The Kier molecular flexibility index (Phi) is 4.45. The quantitative estimate of drug-likeness (QED) is 0.594. The summed E-state index contributed by atoms with van der Waals surface area (Å²) in [7, 11) is 1.59. The van der Waals surface area contributed by atoms with Crippen molar-refractivity contribution in [1.29, 1.82) is 5.41 Å². The van der Waals surface area contributed by atoms with Crippen LogP contribution in [0.5, 0.6) is 11.5 Å². The molecule has 1 aliphatic heterocycles. The Morgan fingerprint density at radius 2 is 1.90 bits per heavy atom. The first-order valence-corrected chi connectivity index (χ1v) is 9.46. The number of rotatable bonds is 5. The number of nitrogens with one attached hydrogen (secondary N) is 2. The number of benzene rings is 2. The summed E-state index contributed by atoms with van der Waals surface area (Å²) < 4.78 is 11.1. The lowest BCUT2D eigenvalue weighted by Gasteiger charge is -2.34. The van der Waals surface area contributed by atoms with E-state index in [1.165, 1.54) is 0 Å². The predicted octanol–water partition coefficient (Wildman–Crippen LogP) is 4.52. The van der Waals surface area contributed by atoms with E-state index in [0.717, 1.165) is 11.0 Å². The van der Waals surface area contributed by atoms with Gasteiger partial charge in [-0.25, -0.2) is 4.98 Å². The highest BCUT2D eigenvalue weighted by atomic mass is 16.5. The van der Waals surface area contributed by atoms with E-state index in [1.54, 1.807) is 18.1 Å². The standard InChI is InChI=1S/C22H24N4O3/c1-5-29-15-11-13(10-14(12-15)28-4)26-20(23)18(19(27)22(26,2)3)21-24-16-8-6-7-9-17(16)25-21/h6-12,23,27H,5H2,1-4H3,(H,24,25). The van der Waals surface area contributed by atoms with Crippen LogP contribution in [-0.4, -0.2) is 40.2 Å². The molecule has 0 fully saturated rings. The summed E-state index contributed by atoms with van der Waals surface area (Å²) in [6.07, 6.45) is 0. The minimum atomic E-state index is -0.846. The molecule has 0 saturated heterocycles. The minimum absolute atomic E-state index is 0.0855. The number of aromatic nitrogens is 2. The lowest BCUT2D eigenvalue weighted by molar-refractivity contribution is 0.330. The number of anilines is 1. The van der Waals surface area contributed by atoms with E-state index in [9.17, 15) is 5.11 Å². The van der Waals surface area contributed by atoms with Crippen LogP contribution in [0.3, 0.4) is 0 Å². The molecule has 4 rings (SSSR count). The highest BCUT2D eigenvalue weighted by Gasteiger charge is 2.46. The second-order valence-electron chi connectivity index (χ2n) is 7.37. The number of hydrogen-bond acceptors (Lipinski definition) is 5. The third-order valence-electron chi connectivity index (χ3n) is 5.13. The first kappa shape index (κ1) is 18.9. The van der Waals surface area contributed by atoms with Gasteiger partial charge < -0.3 is 24.5 Å². The van der Waals surface area contributed by atoms with Crippen LogP contribution in [0.25, 0.3) is 16.6 Å². The van der Waals surface area contributed by atoms with Crippen LogP contribution < -0.4 is 14.4 Å². The average Bonchev–Trinajstić information content (AvgIpc) is 3.18. The Morgan fingerprint density at radius 1 is 1.17 bits per heavy atom. The fourth-order valence-electron chi connectivity index (χ4n) is 3.72. The zero-order chi connectivity index (χ0) is 20.8. The molecule has 0 amide bonds. The molecular weight excluding hydrogens is 368 g/mol. The van der Waals surface area contributed by atoms with E-state index >= 15 is 0 Å². The third kappa shape index (κ3) is 2.99. The number of imidazole rings is 1. The summed E-state index contributed by atoms with van der Waals surface area (Å²) >= 11 is 0. The van der Waals surface area contributed by atoms with Crippen molar-refractivity contribution in [3.63, 3.8) is 0 Å². The number of methoxy groups -OCH3 is 1. The van der Waals surface area contributed by atoms with Crippen molar-refractivity contribution in [3.8, 4) is 11.5 Å². The maximum atomic E-state index is 11.1. The Morgan fingerprint density at radius 3 is 2.59 bits per heavy atom. The van der Waals surface area contributed by atoms with Gasteiger partial charge in [-0.1, -0.05) is 12.1 Å². The number of hydrogen-bond donors (Lipinski definition) is 3. The highest BCUT2D eigenvalue weighted by Crippen LogP contribution is 2.43. The van der Waals surface area contributed by atoms with Gasteiger partial charge in [0.25, 0.3) is 0 Å².